The Morgan fingerprint density at radius 1 is 1.24 bits per heavy atom. The van der Waals surface area contributed by atoms with E-state index in [1.54, 1.807) is 11.8 Å². The van der Waals surface area contributed by atoms with Gasteiger partial charge in [0.1, 0.15) is 0 Å². The first-order valence-electron chi connectivity index (χ1n) is 6.56. The van der Waals surface area contributed by atoms with Crippen LogP contribution >= 0.6 is 11.8 Å². The number of aliphatic hydroxyl groups is 1. The lowest BCUT2D eigenvalue weighted by Crippen LogP contribution is -2.24. The average molecular weight is 262 g/mol. The lowest BCUT2D eigenvalue weighted by molar-refractivity contribution is -0.153. The number of carbonyl (C=O) groups is 1. The van der Waals surface area contributed by atoms with E-state index in [-0.39, 0.29) is 0 Å². The van der Waals surface area contributed by atoms with Gasteiger partial charge in [-0.15, -0.1) is 0 Å². The van der Waals surface area contributed by atoms with Crippen LogP contribution in [0.1, 0.15) is 51.9 Å². The highest BCUT2D eigenvalue weighted by Gasteiger charge is 2.15. The van der Waals surface area contributed by atoms with Crippen molar-refractivity contribution in [3.63, 3.8) is 0 Å². The smallest absolute Gasteiger partial charge is 0.334 e. The van der Waals surface area contributed by atoms with Gasteiger partial charge in [-0.3, -0.25) is 0 Å². The van der Waals surface area contributed by atoms with Gasteiger partial charge in [0, 0.05) is 0 Å². The Balaban J connectivity index is 3.32. The molecule has 0 aromatic heterocycles. The summed E-state index contributed by atoms with van der Waals surface area (Å²) < 4.78 is 5.01. The van der Waals surface area contributed by atoms with Gasteiger partial charge < -0.3 is 9.84 Å². The van der Waals surface area contributed by atoms with Crippen LogP contribution < -0.4 is 0 Å². The fourth-order valence-corrected chi connectivity index (χ4v) is 1.96. The van der Waals surface area contributed by atoms with Crippen molar-refractivity contribution in [2.75, 3.05) is 18.6 Å². The highest BCUT2D eigenvalue weighted by Crippen LogP contribution is 2.06. The Labute approximate surface area is 109 Å². The summed E-state index contributed by atoms with van der Waals surface area (Å²) in [5.41, 5.74) is 0. The van der Waals surface area contributed by atoms with Crippen molar-refractivity contribution in [1.82, 2.24) is 0 Å². The molecule has 0 saturated heterocycles. The minimum Gasteiger partial charge on any atom is -0.464 e. The molecule has 1 N–H and O–H groups in total. The monoisotopic (exact) mass is 262 g/mol. The van der Waals surface area contributed by atoms with E-state index >= 15 is 0 Å². The van der Waals surface area contributed by atoms with E-state index in [4.69, 9.17) is 4.74 Å². The van der Waals surface area contributed by atoms with E-state index < -0.39 is 12.1 Å². The number of unbranched alkanes of at least 4 members (excludes halogenated alkanes) is 5. The third kappa shape index (κ3) is 10.6. The molecule has 0 bridgehead atoms. The molecule has 0 saturated carbocycles. The number of thioether (sulfide) groups is 1. The molecule has 0 aromatic rings. The van der Waals surface area contributed by atoms with Crippen LogP contribution in [-0.2, 0) is 9.53 Å². The molecule has 0 fully saturated rings. The largest absolute Gasteiger partial charge is 0.464 e. The van der Waals surface area contributed by atoms with Crippen LogP contribution in [0.15, 0.2) is 0 Å². The molecule has 0 aliphatic carbocycles. The fraction of sp³-hybridized carbons (Fsp3) is 0.923. The van der Waals surface area contributed by atoms with Gasteiger partial charge in [-0.25, -0.2) is 4.79 Å². The quantitative estimate of drug-likeness (QED) is 0.459. The normalized spacial score (nSPS) is 12.4. The third-order valence-electron chi connectivity index (χ3n) is 2.61. The van der Waals surface area contributed by atoms with E-state index in [0.29, 0.717) is 13.0 Å². The molecule has 0 aliphatic rings. The van der Waals surface area contributed by atoms with Gasteiger partial charge in [0.2, 0.25) is 0 Å². The molecule has 1 atom stereocenters. The predicted molar refractivity (Wildman–Crippen MR) is 73.3 cm³/mol. The van der Waals surface area contributed by atoms with Crippen LogP contribution in [0.5, 0.6) is 0 Å². The number of hydrogen-bond donors (Lipinski definition) is 1. The van der Waals surface area contributed by atoms with Crippen molar-refractivity contribution >= 4 is 17.7 Å². The number of aliphatic hydroxyl groups excluding tert-OH is 1. The van der Waals surface area contributed by atoms with Crippen LogP contribution in [0.4, 0.5) is 0 Å². The van der Waals surface area contributed by atoms with E-state index in [0.717, 1.165) is 18.6 Å². The van der Waals surface area contributed by atoms with Crippen molar-refractivity contribution < 1.29 is 14.6 Å². The van der Waals surface area contributed by atoms with Gasteiger partial charge in [0.25, 0.3) is 0 Å². The summed E-state index contributed by atoms with van der Waals surface area (Å²) in [6, 6.07) is 0. The Morgan fingerprint density at radius 2 is 1.88 bits per heavy atom. The molecule has 0 heterocycles. The first kappa shape index (κ1) is 16.8. The standard InChI is InChI=1S/C13H26O3S/c1-3-4-5-6-7-8-10-16-13(15)12(14)9-11-17-2/h12,14H,3-11H2,1-2H3. The van der Waals surface area contributed by atoms with Gasteiger partial charge in [0.15, 0.2) is 6.10 Å². The van der Waals surface area contributed by atoms with Gasteiger partial charge in [-0.05, 0) is 24.9 Å². The Morgan fingerprint density at radius 3 is 2.53 bits per heavy atom. The molecule has 0 aromatic carbocycles. The van der Waals surface area contributed by atoms with Crippen LogP contribution in [0.2, 0.25) is 0 Å². The molecule has 17 heavy (non-hydrogen) atoms. The second-order valence-corrected chi connectivity index (χ2v) is 5.22. The summed E-state index contributed by atoms with van der Waals surface area (Å²) in [5, 5.41) is 9.43. The van der Waals surface area contributed by atoms with Crippen LogP contribution in [-0.4, -0.2) is 35.8 Å². The van der Waals surface area contributed by atoms with Gasteiger partial charge in [-0.1, -0.05) is 39.0 Å². The lowest BCUT2D eigenvalue weighted by Gasteiger charge is -2.09. The zero-order valence-corrected chi connectivity index (χ0v) is 11.9. The zero-order chi connectivity index (χ0) is 12.9. The molecule has 3 nitrogen and oxygen atoms in total. The summed E-state index contributed by atoms with van der Waals surface area (Å²) in [7, 11) is 0. The number of carbonyl (C=O) groups excluding carboxylic acids is 1. The summed E-state index contributed by atoms with van der Waals surface area (Å²) in [5.74, 6) is 0.320. The van der Waals surface area contributed by atoms with Crippen molar-refractivity contribution in [3.05, 3.63) is 0 Å². The van der Waals surface area contributed by atoms with E-state index in [9.17, 15) is 9.90 Å². The summed E-state index contributed by atoms with van der Waals surface area (Å²) in [6.45, 7) is 2.64. The average Bonchev–Trinajstić information content (AvgIpc) is 2.34. The predicted octanol–water partition coefficient (Wildman–Crippen LogP) is 3.00. The molecule has 0 aliphatic heterocycles. The first-order valence-corrected chi connectivity index (χ1v) is 7.95. The van der Waals surface area contributed by atoms with Crippen LogP contribution in [0.3, 0.4) is 0 Å². The van der Waals surface area contributed by atoms with Crippen molar-refractivity contribution in [2.24, 2.45) is 0 Å². The van der Waals surface area contributed by atoms with Gasteiger partial charge >= 0.3 is 5.97 Å². The molecule has 0 radical (unpaired) electrons. The van der Waals surface area contributed by atoms with Crippen molar-refractivity contribution in [3.8, 4) is 0 Å². The summed E-state index contributed by atoms with van der Waals surface area (Å²) >= 11 is 1.62. The van der Waals surface area contributed by atoms with E-state index in [1.165, 1.54) is 25.7 Å². The van der Waals surface area contributed by atoms with Gasteiger partial charge in [-0.2, -0.15) is 11.8 Å². The zero-order valence-electron chi connectivity index (χ0n) is 11.1. The van der Waals surface area contributed by atoms with Gasteiger partial charge in [0.05, 0.1) is 6.61 Å². The van der Waals surface area contributed by atoms with Crippen LogP contribution in [0.25, 0.3) is 0 Å². The Kier molecular flexibility index (Phi) is 12.1. The number of ether oxygens (including phenoxy) is 1. The third-order valence-corrected chi connectivity index (χ3v) is 3.25. The highest BCUT2D eigenvalue weighted by atomic mass is 32.2. The van der Waals surface area contributed by atoms with E-state index in [2.05, 4.69) is 6.92 Å². The molecule has 4 heteroatoms. The van der Waals surface area contributed by atoms with Crippen molar-refractivity contribution in [2.45, 2.75) is 58.0 Å². The Bertz CT molecular complexity index is 186. The second-order valence-electron chi connectivity index (χ2n) is 4.23. The maximum atomic E-state index is 11.3. The number of esters is 1. The van der Waals surface area contributed by atoms with Crippen molar-refractivity contribution in [1.29, 1.82) is 0 Å². The molecule has 1 unspecified atom stereocenters. The minimum atomic E-state index is -0.942. The minimum absolute atomic E-state index is 0.446. The first-order chi connectivity index (χ1) is 8.22. The summed E-state index contributed by atoms with van der Waals surface area (Å²) in [4.78, 5) is 11.3. The second kappa shape index (κ2) is 12.2. The van der Waals surface area contributed by atoms with E-state index in [1.807, 2.05) is 6.26 Å². The number of rotatable bonds is 11. The topological polar surface area (TPSA) is 46.5 Å². The maximum absolute atomic E-state index is 11.3. The number of hydrogen-bond acceptors (Lipinski definition) is 4. The molecule has 102 valence electrons. The molecule has 0 spiro atoms. The van der Waals surface area contributed by atoms with Crippen LogP contribution in [0, 0.1) is 0 Å². The maximum Gasteiger partial charge on any atom is 0.334 e. The Hall–Kier alpha value is -0.220. The lowest BCUT2D eigenvalue weighted by atomic mass is 10.1. The highest BCUT2D eigenvalue weighted by molar-refractivity contribution is 7.98. The molecular weight excluding hydrogens is 236 g/mol. The SMILES string of the molecule is CCCCCCCCOC(=O)C(O)CCSC. The molecular formula is C13H26O3S. The summed E-state index contributed by atoms with van der Waals surface area (Å²) in [6.07, 6.45) is 8.51. The molecule has 0 rings (SSSR count). The molecule has 0 amide bonds. The fourth-order valence-electron chi connectivity index (χ4n) is 1.50.